The molecule has 0 aromatic rings. The minimum atomic E-state index is 0.506. The van der Waals surface area contributed by atoms with Gasteiger partial charge in [0.2, 0.25) is 0 Å². The Hall–Kier alpha value is -1.11. The van der Waals surface area contributed by atoms with Crippen LogP contribution < -0.4 is 0 Å². The van der Waals surface area contributed by atoms with Crippen LogP contribution in [0.2, 0.25) is 0 Å². The van der Waals surface area contributed by atoms with Gasteiger partial charge in [0, 0.05) is 11.9 Å². The zero-order valence-electron chi connectivity index (χ0n) is 10.8. The van der Waals surface area contributed by atoms with Gasteiger partial charge in [0.1, 0.15) is 0 Å². The highest BCUT2D eigenvalue weighted by Gasteiger charge is 2.06. The van der Waals surface area contributed by atoms with E-state index in [0.29, 0.717) is 5.92 Å². The summed E-state index contributed by atoms with van der Waals surface area (Å²) in [5.74, 6) is 0.506. The predicted molar refractivity (Wildman–Crippen MR) is 74.9 cm³/mol. The third-order valence-corrected chi connectivity index (χ3v) is 2.64. The van der Waals surface area contributed by atoms with E-state index in [2.05, 4.69) is 32.0 Å². The van der Waals surface area contributed by atoms with Crippen LogP contribution in [-0.4, -0.2) is 5.71 Å². The second-order valence-electron chi connectivity index (χ2n) is 4.08. The van der Waals surface area contributed by atoms with E-state index < -0.39 is 0 Å². The Morgan fingerprint density at radius 2 is 2.00 bits per heavy atom. The van der Waals surface area contributed by atoms with Crippen molar-refractivity contribution in [3.8, 4) is 0 Å². The minimum Gasteiger partial charge on any atom is -0.262 e. The minimum absolute atomic E-state index is 0.506. The fourth-order valence-corrected chi connectivity index (χ4v) is 1.63. The van der Waals surface area contributed by atoms with Crippen molar-refractivity contribution in [2.45, 2.75) is 46.0 Å². The van der Waals surface area contributed by atoms with Crippen molar-refractivity contribution < 1.29 is 0 Å². The van der Waals surface area contributed by atoms with E-state index in [1.54, 1.807) is 12.3 Å². The molecule has 0 aliphatic heterocycles. The van der Waals surface area contributed by atoms with Gasteiger partial charge in [0.15, 0.2) is 0 Å². The molecule has 0 aliphatic rings. The maximum absolute atomic E-state index is 4.31. The molecule has 1 heteroatoms. The molecule has 0 aromatic carbocycles. The number of unbranched alkanes of at least 4 members (excludes halogenated alkanes) is 3. The number of nitrogens with zero attached hydrogens (tertiary/aromatic N) is 1. The Bertz CT molecular complexity index is 248. The zero-order chi connectivity index (χ0) is 12.2. The molecule has 0 aromatic heterocycles. The second-order valence-corrected chi connectivity index (χ2v) is 4.08. The van der Waals surface area contributed by atoms with Crippen LogP contribution in [-0.2, 0) is 0 Å². The fourth-order valence-electron chi connectivity index (χ4n) is 1.63. The van der Waals surface area contributed by atoms with Crippen LogP contribution in [0, 0.1) is 5.92 Å². The van der Waals surface area contributed by atoms with E-state index >= 15 is 0 Å². The second kappa shape index (κ2) is 10.4. The predicted octanol–water partition coefficient (Wildman–Crippen LogP) is 4.92. The van der Waals surface area contributed by atoms with Crippen LogP contribution in [0.5, 0.6) is 0 Å². The van der Waals surface area contributed by atoms with E-state index in [1.807, 2.05) is 12.2 Å². The lowest BCUT2D eigenvalue weighted by molar-refractivity contribution is 0.580. The smallest absolute Gasteiger partial charge is 0.0431 e. The summed E-state index contributed by atoms with van der Waals surface area (Å²) in [5, 5.41) is 0. The highest BCUT2D eigenvalue weighted by Crippen LogP contribution is 2.13. The molecule has 1 unspecified atom stereocenters. The van der Waals surface area contributed by atoms with Crippen molar-refractivity contribution in [1.82, 2.24) is 0 Å². The molecule has 0 saturated carbocycles. The average Bonchev–Trinajstić information content (AvgIpc) is 2.29. The van der Waals surface area contributed by atoms with E-state index in [1.165, 1.54) is 32.1 Å². The van der Waals surface area contributed by atoms with Crippen LogP contribution in [0.3, 0.4) is 0 Å². The Morgan fingerprint density at radius 1 is 1.25 bits per heavy atom. The van der Waals surface area contributed by atoms with Crippen LogP contribution in [0.1, 0.15) is 46.0 Å². The molecule has 0 rings (SSSR count). The van der Waals surface area contributed by atoms with Gasteiger partial charge in [-0.3, -0.25) is 4.99 Å². The summed E-state index contributed by atoms with van der Waals surface area (Å²) >= 11 is 0. The number of hydrogen-bond acceptors (Lipinski definition) is 1. The Kier molecular flexibility index (Phi) is 9.69. The van der Waals surface area contributed by atoms with Crippen molar-refractivity contribution >= 4 is 5.71 Å². The van der Waals surface area contributed by atoms with Crippen LogP contribution in [0.15, 0.2) is 42.6 Å². The third-order valence-electron chi connectivity index (χ3n) is 2.64. The van der Waals surface area contributed by atoms with Gasteiger partial charge in [0.25, 0.3) is 0 Å². The molecule has 0 bridgehead atoms. The maximum Gasteiger partial charge on any atom is 0.0431 e. The summed E-state index contributed by atoms with van der Waals surface area (Å²) in [7, 11) is 0. The molecule has 0 fully saturated rings. The standard InChI is InChI=1S/C15H25N/c1-5-8-10-11-12-14(4)15(16-7-3)13-9-6-2/h6-7,9,13-14H,2-3,5,8,10-12H2,1,4H3/b13-9-,16-15?. The topological polar surface area (TPSA) is 12.4 Å². The number of aliphatic imine (C=N–C) groups is 1. The van der Waals surface area contributed by atoms with Gasteiger partial charge in [-0.25, -0.2) is 0 Å². The van der Waals surface area contributed by atoms with Gasteiger partial charge < -0.3 is 0 Å². The summed E-state index contributed by atoms with van der Waals surface area (Å²) in [6.45, 7) is 11.8. The Labute approximate surface area is 101 Å². The molecule has 16 heavy (non-hydrogen) atoms. The van der Waals surface area contributed by atoms with Gasteiger partial charge >= 0.3 is 0 Å². The molecule has 0 amide bonds. The van der Waals surface area contributed by atoms with E-state index in [4.69, 9.17) is 0 Å². The van der Waals surface area contributed by atoms with Crippen molar-refractivity contribution in [2.24, 2.45) is 10.9 Å². The number of rotatable bonds is 9. The van der Waals surface area contributed by atoms with E-state index in [0.717, 1.165) is 5.71 Å². The molecule has 0 aliphatic carbocycles. The van der Waals surface area contributed by atoms with Gasteiger partial charge in [-0.15, -0.1) is 0 Å². The van der Waals surface area contributed by atoms with Gasteiger partial charge in [-0.1, -0.05) is 64.8 Å². The monoisotopic (exact) mass is 219 g/mol. The highest BCUT2D eigenvalue weighted by molar-refractivity contribution is 5.97. The van der Waals surface area contributed by atoms with Gasteiger partial charge in [0.05, 0.1) is 0 Å². The molecular formula is C15H25N. The van der Waals surface area contributed by atoms with Crippen LogP contribution >= 0.6 is 0 Å². The third kappa shape index (κ3) is 7.22. The summed E-state index contributed by atoms with van der Waals surface area (Å²) in [4.78, 5) is 4.31. The fraction of sp³-hybridized carbons (Fsp3) is 0.533. The lowest BCUT2D eigenvalue weighted by atomic mass is 9.97. The molecule has 0 N–H and O–H groups in total. The molecule has 0 saturated heterocycles. The Morgan fingerprint density at radius 3 is 2.56 bits per heavy atom. The normalized spacial score (nSPS) is 14.0. The lowest BCUT2D eigenvalue weighted by Crippen LogP contribution is -2.08. The molecule has 0 heterocycles. The summed E-state index contributed by atoms with van der Waals surface area (Å²) in [6.07, 6.45) is 13.8. The molecular weight excluding hydrogens is 194 g/mol. The maximum atomic E-state index is 4.31. The first kappa shape index (κ1) is 14.9. The molecule has 90 valence electrons. The van der Waals surface area contributed by atoms with E-state index in [9.17, 15) is 0 Å². The quantitative estimate of drug-likeness (QED) is 0.296. The zero-order valence-corrected chi connectivity index (χ0v) is 10.8. The molecule has 1 nitrogen and oxygen atoms in total. The van der Waals surface area contributed by atoms with Crippen molar-refractivity contribution in [3.63, 3.8) is 0 Å². The number of hydrogen-bond donors (Lipinski definition) is 0. The van der Waals surface area contributed by atoms with Crippen molar-refractivity contribution in [1.29, 1.82) is 0 Å². The highest BCUT2D eigenvalue weighted by atomic mass is 14.7. The summed E-state index contributed by atoms with van der Waals surface area (Å²) in [6, 6.07) is 0. The lowest BCUT2D eigenvalue weighted by Gasteiger charge is -2.10. The van der Waals surface area contributed by atoms with Gasteiger partial charge in [-0.05, 0) is 18.4 Å². The SMILES string of the molecule is C=C/C=C\C(=NC=C)C(C)CCCCCC. The average molecular weight is 219 g/mol. The van der Waals surface area contributed by atoms with Crippen LogP contribution in [0.4, 0.5) is 0 Å². The van der Waals surface area contributed by atoms with E-state index in [-0.39, 0.29) is 0 Å². The summed E-state index contributed by atoms with van der Waals surface area (Å²) < 4.78 is 0. The number of allylic oxidation sites excluding steroid dienone is 3. The largest absolute Gasteiger partial charge is 0.262 e. The first-order chi connectivity index (χ1) is 7.76. The molecule has 0 spiro atoms. The molecule has 1 atom stereocenters. The molecule has 0 radical (unpaired) electrons. The van der Waals surface area contributed by atoms with Crippen LogP contribution in [0.25, 0.3) is 0 Å². The summed E-state index contributed by atoms with van der Waals surface area (Å²) in [5.41, 5.74) is 1.10. The first-order valence-corrected chi connectivity index (χ1v) is 6.24. The van der Waals surface area contributed by atoms with Crippen molar-refractivity contribution in [2.75, 3.05) is 0 Å². The van der Waals surface area contributed by atoms with Crippen molar-refractivity contribution in [3.05, 3.63) is 37.6 Å². The van der Waals surface area contributed by atoms with Gasteiger partial charge in [-0.2, -0.15) is 0 Å². The Balaban J connectivity index is 4.12. The first-order valence-electron chi connectivity index (χ1n) is 6.24.